The van der Waals surface area contributed by atoms with E-state index in [2.05, 4.69) is 31.9 Å². The normalized spacial score (nSPS) is 10.5. The van der Waals surface area contributed by atoms with E-state index >= 15 is 0 Å². The second kappa shape index (κ2) is 7.48. The standard InChI is InChI=1S/C18H16BrFN4O/c1-24-11-16(19)18(23-24)13-3-2-4-15(10-13)21-22-17(25)9-12-5-7-14(20)8-6-12/h2-8,10-11,21H,9H2,1H3,(H,22,25). The number of hydrazine groups is 1. The lowest BCUT2D eigenvalue weighted by Gasteiger charge is -2.10. The van der Waals surface area contributed by atoms with E-state index in [1.54, 1.807) is 16.8 Å². The molecule has 0 atom stereocenters. The van der Waals surface area contributed by atoms with Gasteiger partial charge in [-0.2, -0.15) is 5.10 Å². The van der Waals surface area contributed by atoms with Crippen molar-refractivity contribution in [3.8, 4) is 11.3 Å². The number of carbonyl (C=O) groups excluding carboxylic acids is 1. The molecule has 3 rings (SSSR count). The quantitative estimate of drug-likeness (QED) is 0.640. The van der Waals surface area contributed by atoms with Crippen molar-refractivity contribution in [2.45, 2.75) is 6.42 Å². The number of nitrogens with one attached hydrogen (secondary N) is 2. The Morgan fingerprint density at radius 1 is 1.24 bits per heavy atom. The molecule has 3 aromatic rings. The molecule has 0 aliphatic rings. The summed E-state index contributed by atoms with van der Waals surface area (Å²) in [7, 11) is 1.85. The molecule has 1 amide bonds. The smallest absolute Gasteiger partial charge is 0.242 e. The molecule has 0 aliphatic heterocycles. The van der Waals surface area contributed by atoms with Crippen LogP contribution < -0.4 is 10.9 Å². The van der Waals surface area contributed by atoms with E-state index in [1.165, 1.54) is 12.1 Å². The van der Waals surface area contributed by atoms with Gasteiger partial charge in [-0.25, -0.2) is 4.39 Å². The number of halogens is 2. The van der Waals surface area contributed by atoms with Crippen molar-refractivity contribution in [3.05, 3.63) is 70.6 Å². The van der Waals surface area contributed by atoms with Gasteiger partial charge in [0.05, 0.1) is 16.6 Å². The van der Waals surface area contributed by atoms with Gasteiger partial charge < -0.3 is 0 Å². The molecule has 0 saturated carbocycles. The Morgan fingerprint density at radius 2 is 2.00 bits per heavy atom. The van der Waals surface area contributed by atoms with Crippen molar-refractivity contribution >= 4 is 27.5 Å². The summed E-state index contributed by atoms with van der Waals surface area (Å²) in [6, 6.07) is 13.4. The highest BCUT2D eigenvalue weighted by atomic mass is 79.9. The number of hydrogen-bond acceptors (Lipinski definition) is 3. The van der Waals surface area contributed by atoms with Crippen LogP contribution >= 0.6 is 15.9 Å². The predicted octanol–water partition coefficient (Wildman–Crippen LogP) is 3.67. The van der Waals surface area contributed by atoms with Crippen LogP contribution in [0.25, 0.3) is 11.3 Å². The van der Waals surface area contributed by atoms with Gasteiger partial charge in [-0.05, 0) is 45.8 Å². The molecule has 128 valence electrons. The van der Waals surface area contributed by atoms with Crippen LogP contribution in [0.4, 0.5) is 10.1 Å². The van der Waals surface area contributed by atoms with Gasteiger partial charge in [-0.15, -0.1) is 0 Å². The van der Waals surface area contributed by atoms with Crippen LogP contribution in [0.15, 0.2) is 59.2 Å². The minimum absolute atomic E-state index is 0.165. The molecule has 0 fully saturated rings. The molecular formula is C18H16BrFN4O. The number of carbonyl (C=O) groups is 1. The molecule has 0 bridgehead atoms. The van der Waals surface area contributed by atoms with Crippen LogP contribution in [-0.4, -0.2) is 15.7 Å². The van der Waals surface area contributed by atoms with Crippen molar-refractivity contribution < 1.29 is 9.18 Å². The lowest BCUT2D eigenvalue weighted by Crippen LogP contribution is -2.30. The van der Waals surface area contributed by atoms with Gasteiger partial charge in [0.15, 0.2) is 0 Å². The number of aromatic nitrogens is 2. The third-order valence-corrected chi connectivity index (χ3v) is 4.12. The molecular weight excluding hydrogens is 387 g/mol. The fraction of sp³-hybridized carbons (Fsp3) is 0.111. The van der Waals surface area contributed by atoms with E-state index in [0.29, 0.717) is 0 Å². The number of benzene rings is 2. The first kappa shape index (κ1) is 17.2. The Morgan fingerprint density at radius 3 is 2.68 bits per heavy atom. The monoisotopic (exact) mass is 402 g/mol. The summed E-state index contributed by atoms with van der Waals surface area (Å²) in [5.74, 6) is -0.532. The lowest BCUT2D eigenvalue weighted by molar-refractivity contribution is -0.119. The molecule has 0 aliphatic carbocycles. The predicted molar refractivity (Wildman–Crippen MR) is 98.2 cm³/mol. The fourth-order valence-electron chi connectivity index (χ4n) is 2.37. The van der Waals surface area contributed by atoms with E-state index in [9.17, 15) is 9.18 Å². The van der Waals surface area contributed by atoms with Gasteiger partial charge >= 0.3 is 0 Å². The van der Waals surface area contributed by atoms with Crippen LogP contribution in [0, 0.1) is 5.82 Å². The fourth-order valence-corrected chi connectivity index (χ4v) is 2.98. The van der Waals surface area contributed by atoms with Gasteiger partial charge in [0.1, 0.15) is 11.5 Å². The van der Waals surface area contributed by atoms with Gasteiger partial charge in [0.25, 0.3) is 0 Å². The minimum atomic E-state index is -0.320. The summed E-state index contributed by atoms with van der Waals surface area (Å²) < 4.78 is 15.5. The maximum atomic E-state index is 12.9. The Kier molecular flexibility index (Phi) is 5.14. The maximum Gasteiger partial charge on any atom is 0.242 e. The Hall–Kier alpha value is -2.67. The second-order valence-electron chi connectivity index (χ2n) is 5.56. The van der Waals surface area contributed by atoms with E-state index in [4.69, 9.17) is 0 Å². The number of rotatable bonds is 5. The molecule has 0 radical (unpaired) electrons. The average molecular weight is 403 g/mol. The van der Waals surface area contributed by atoms with E-state index in [-0.39, 0.29) is 18.1 Å². The zero-order valence-corrected chi connectivity index (χ0v) is 15.0. The third-order valence-electron chi connectivity index (χ3n) is 3.54. The van der Waals surface area contributed by atoms with E-state index < -0.39 is 0 Å². The summed E-state index contributed by atoms with van der Waals surface area (Å²) >= 11 is 3.48. The van der Waals surface area contributed by atoms with Gasteiger partial charge in [0.2, 0.25) is 5.91 Å². The first-order chi connectivity index (χ1) is 12.0. The highest BCUT2D eigenvalue weighted by molar-refractivity contribution is 9.10. The Bertz CT molecular complexity index is 892. The zero-order chi connectivity index (χ0) is 17.8. The molecule has 2 N–H and O–H groups in total. The second-order valence-corrected chi connectivity index (χ2v) is 6.41. The largest absolute Gasteiger partial charge is 0.299 e. The van der Waals surface area contributed by atoms with Crippen molar-refractivity contribution in [2.75, 3.05) is 5.43 Å². The summed E-state index contributed by atoms with van der Waals surface area (Å²) in [4.78, 5) is 12.0. The van der Waals surface area contributed by atoms with Crippen molar-refractivity contribution in [1.29, 1.82) is 0 Å². The number of anilines is 1. The summed E-state index contributed by atoms with van der Waals surface area (Å²) in [6.45, 7) is 0. The molecule has 25 heavy (non-hydrogen) atoms. The number of amides is 1. The molecule has 0 spiro atoms. The average Bonchev–Trinajstić information content (AvgIpc) is 2.94. The van der Waals surface area contributed by atoms with Crippen LogP contribution in [0.1, 0.15) is 5.56 Å². The first-order valence-corrected chi connectivity index (χ1v) is 8.39. The molecule has 2 aromatic carbocycles. The molecule has 0 unspecified atom stereocenters. The van der Waals surface area contributed by atoms with Gasteiger partial charge in [0, 0.05) is 18.8 Å². The van der Waals surface area contributed by atoms with Crippen molar-refractivity contribution in [1.82, 2.24) is 15.2 Å². The minimum Gasteiger partial charge on any atom is -0.299 e. The van der Waals surface area contributed by atoms with Crippen LogP contribution in [0.5, 0.6) is 0 Å². The Labute approximate surface area is 153 Å². The third kappa shape index (κ3) is 4.45. The summed E-state index contributed by atoms with van der Waals surface area (Å²) in [5, 5.41) is 4.40. The maximum absolute atomic E-state index is 12.9. The molecule has 1 aromatic heterocycles. The van der Waals surface area contributed by atoms with E-state index in [0.717, 1.165) is 27.0 Å². The first-order valence-electron chi connectivity index (χ1n) is 7.60. The molecule has 1 heterocycles. The highest BCUT2D eigenvalue weighted by Crippen LogP contribution is 2.27. The van der Waals surface area contributed by atoms with Crippen LogP contribution in [0.2, 0.25) is 0 Å². The van der Waals surface area contributed by atoms with Crippen LogP contribution in [-0.2, 0) is 18.3 Å². The topological polar surface area (TPSA) is 59.0 Å². The molecule has 7 heteroatoms. The van der Waals surface area contributed by atoms with Gasteiger partial charge in [-0.1, -0.05) is 24.3 Å². The lowest BCUT2D eigenvalue weighted by atomic mass is 10.1. The summed E-state index contributed by atoms with van der Waals surface area (Å²) in [5.41, 5.74) is 8.75. The zero-order valence-electron chi connectivity index (χ0n) is 13.5. The SMILES string of the molecule is Cn1cc(Br)c(-c2cccc(NNC(=O)Cc3ccc(F)cc3)c2)n1. The molecule has 0 saturated heterocycles. The number of aryl methyl sites for hydroxylation is 1. The Balaban J connectivity index is 1.63. The van der Waals surface area contributed by atoms with Crippen LogP contribution in [0.3, 0.4) is 0 Å². The van der Waals surface area contributed by atoms with Crippen molar-refractivity contribution in [2.24, 2.45) is 7.05 Å². The number of nitrogens with zero attached hydrogens (tertiary/aromatic N) is 2. The summed E-state index contributed by atoms with van der Waals surface area (Å²) in [6.07, 6.45) is 2.04. The van der Waals surface area contributed by atoms with Crippen molar-refractivity contribution in [3.63, 3.8) is 0 Å². The van der Waals surface area contributed by atoms with E-state index in [1.807, 2.05) is 37.5 Å². The highest BCUT2D eigenvalue weighted by Gasteiger charge is 2.09. The van der Waals surface area contributed by atoms with Gasteiger partial charge in [-0.3, -0.25) is 20.3 Å². The molecule has 5 nitrogen and oxygen atoms in total. The number of hydrogen-bond donors (Lipinski definition) is 2.